The van der Waals surface area contributed by atoms with Crippen LogP contribution < -0.4 is 0 Å². The molecule has 0 fully saturated rings. The molecule has 0 aliphatic carbocycles. The maximum Gasteiger partial charge on any atom is 0.113 e. The second-order valence-electron chi connectivity index (χ2n) is 5.64. The Morgan fingerprint density at radius 3 is 2.72 bits per heavy atom. The van der Waals surface area contributed by atoms with Crippen molar-refractivity contribution >= 4 is 38.6 Å². The third-order valence-electron chi connectivity index (χ3n) is 3.98. The quantitative estimate of drug-likeness (QED) is 0.442. The summed E-state index contributed by atoms with van der Waals surface area (Å²) in [5, 5.41) is 10.7. The molecule has 2 aromatic carbocycles. The number of thioether (sulfide) groups is 1. The molecule has 6 heteroatoms. The van der Waals surface area contributed by atoms with Crippen LogP contribution in [0.4, 0.5) is 0 Å². The predicted molar refractivity (Wildman–Crippen MR) is 106 cm³/mol. The van der Waals surface area contributed by atoms with Gasteiger partial charge in [0.2, 0.25) is 0 Å². The molecule has 0 bridgehead atoms. The molecule has 0 aliphatic rings. The van der Waals surface area contributed by atoms with E-state index in [4.69, 9.17) is 4.98 Å². The summed E-state index contributed by atoms with van der Waals surface area (Å²) in [5.74, 6) is 0. The highest BCUT2D eigenvalue weighted by atomic mass is 79.9. The van der Waals surface area contributed by atoms with Crippen molar-refractivity contribution in [1.82, 2.24) is 20.0 Å². The lowest BCUT2D eigenvalue weighted by atomic mass is 10.1. The third-order valence-corrected chi connectivity index (χ3v) is 5.25. The van der Waals surface area contributed by atoms with Crippen LogP contribution in [0.25, 0.3) is 22.2 Å². The average molecular weight is 411 g/mol. The number of hydrogen-bond donors (Lipinski definition) is 0. The fourth-order valence-electron chi connectivity index (χ4n) is 2.78. The third kappa shape index (κ3) is 3.32. The van der Waals surface area contributed by atoms with Gasteiger partial charge in [-0.1, -0.05) is 47.7 Å². The maximum absolute atomic E-state index is 4.72. The fourth-order valence-corrected chi connectivity index (χ4v) is 3.65. The summed E-state index contributed by atoms with van der Waals surface area (Å²) in [6, 6.07) is 18.4. The van der Waals surface area contributed by atoms with Crippen LogP contribution >= 0.6 is 27.7 Å². The number of nitrogens with zero attached hydrogens (tertiary/aromatic N) is 4. The van der Waals surface area contributed by atoms with E-state index in [9.17, 15) is 0 Å². The van der Waals surface area contributed by atoms with Crippen LogP contribution in [0.5, 0.6) is 0 Å². The van der Waals surface area contributed by atoms with E-state index in [-0.39, 0.29) is 0 Å². The number of fused-ring (bicyclic) bond motifs is 1. The Labute approximate surface area is 158 Å². The standard InChI is InChI=1S/C19H15BrN4S/c1-25-18-10-15(14-8-5-9-16(20)19(14)21-18)17-12-24(23-22-17)11-13-6-3-2-4-7-13/h2-10,12H,11H2,1H3. The molecule has 0 amide bonds. The van der Waals surface area contributed by atoms with Gasteiger partial charge >= 0.3 is 0 Å². The number of aromatic nitrogens is 4. The van der Waals surface area contributed by atoms with Crippen molar-refractivity contribution in [3.63, 3.8) is 0 Å². The molecule has 4 nitrogen and oxygen atoms in total. The second kappa shape index (κ2) is 6.98. The van der Waals surface area contributed by atoms with Crippen LogP contribution in [0, 0.1) is 0 Å². The lowest BCUT2D eigenvalue weighted by molar-refractivity contribution is 0.650. The van der Waals surface area contributed by atoms with Gasteiger partial charge in [-0.3, -0.25) is 0 Å². The van der Waals surface area contributed by atoms with Crippen LogP contribution in [0.2, 0.25) is 0 Å². The molecule has 2 aromatic heterocycles. The van der Waals surface area contributed by atoms with Gasteiger partial charge in [-0.15, -0.1) is 16.9 Å². The monoisotopic (exact) mass is 410 g/mol. The Bertz CT molecular complexity index is 1030. The van der Waals surface area contributed by atoms with Crippen molar-refractivity contribution in [1.29, 1.82) is 0 Å². The van der Waals surface area contributed by atoms with Gasteiger partial charge in [-0.05, 0) is 39.9 Å². The molecule has 0 saturated carbocycles. The molecular weight excluding hydrogens is 396 g/mol. The van der Waals surface area contributed by atoms with E-state index in [0.29, 0.717) is 6.54 Å². The number of benzene rings is 2. The Morgan fingerprint density at radius 1 is 1.08 bits per heavy atom. The summed E-state index contributed by atoms with van der Waals surface area (Å²) in [5.41, 5.74) is 4.06. The van der Waals surface area contributed by atoms with E-state index >= 15 is 0 Å². The molecule has 0 N–H and O–H groups in total. The molecule has 2 heterocycles. The Hall–Kier alpha value is -2.18. The fraction of sp³-hybridized carbons (Fsp3) is 0.105. The number of hydrogen-bond acceptors (Lipinski definition) is 4. The smallest absolute Gasteiger partial charge is 0.113 e. The summed E-state index contributed by atoms with van der Waals surface area (Å²) in [6.45, 7) is 0.704. The van der Waals surface area contributed by atoms with Gasteiger partial charge in [-0.2, -0.15) is 0 Å². The van der Waals surface area contributed by atoms with E-state index in [2.05, 4.69) is 50.5 Å². The number of rotatable bonds is 4. The average Bonchev–Trinajstić information content (AvgIpc) is 3.10. The molecule has 0 atom stereocenters. The normalized spacial score (nSPS) is 11.1. The van der Waals surface area contributed by atoms with E-state index in [1.165, 1.54) is 5.56 Å². The maximum atomic E-state index is 4.72. The first kappa shape index (κ1) is 16.3. The van der Waals surface area contributed by atoms with Crippen molar-refractivity contribution in [2.45, 2.75) is 11.6 Å². The minimum absolute atomic E-state index is 0.704. The minimum Gasteiger partial charge on any atom is -0.247 e. The van der Waals surface area contributed by atoms with Crippen LogP contribution in [0.15, 0.2) is 70.3 Å². The van der Waals surface area contributed by atoms with E-state index in [0.717, 1.165) is 31.7 Å². The predicted octanol–water partition coefficient (Wildman–Crippen LogP) is 5.03. The largest absolute Gasteiger partial charge is 0.247 e. The molecule has 0 spiro atoms. The molecule has 0 unspecified atom stereocenters. The van der Waals surface area contributed by atoms with Gasteiger partial charge in [0.05, 0.1) is 23.3 Å². The highest BCUT2D eigenvalue weighted by Gasteiger charge is 2.13. The molecule has 0 saturated heterocycles. The number of pyridine rings is 1. The van der Waals surface area contributed by atoms with Gasteiger partial charge in [0.25, 0.3) is 0 Å². The first-order valence-electron chi connectivity index (χ1n) is 7.82. The molecule has 4 aromatic rings. The number of halogens is 1. The van der Waals surface area contributed by atoms with Crippen LogP contribution in [0.3, 0.4) is 0 Å². The summed E-state index contributed by atoms with van der Waals surface area (Å²) in [7, 11) is 0. The summed E-state index contributed by atoms with van der Waals surface area (Å²) < 4.78 is 2.85. The second-order valence-corrected chi connectivity index (χ2v) is 7.32. The molecule has 0 aliphatic heterocycles. The van der Waals surface area contributed by atoms with Gasteiger partial charge in [0, 0.05) is 15.4 Å². The van der Waals surface area contributed by atoms with Crippen molar-refractivity contribution in [2.24, 2.45) is 0 Å². The minimum atomic E-state index is 0.704. The zero-order valence-corrected chi connectivity index (χ0v) is 16.0. The van der Waals surface area contributed by atoms with Crippen molar-refractivity contribution < 1.29 is 0 Å². The molecule has 0 radical (unpaired) electrons. The van der Waals surface area contributed by atoms with E-state index < -0.39 is 0 Å². The lowest BCUT2D eigenvalue weighted by Crippen LogP contribution is -1.99. The van der Waals surface area contributed by atoms with Crippen LogP contribution in [0.1, 0.15) is 5.56 Å². The van der Waals surface area contributed by atoms with Crippen LogP contribution in [-0.2, 0) is 6.54 Å². The van der Waals surface area contributed by atoms with Crippen molar-refractivity contribution in [2.75, 3.05) is 6.26 Å². The molecular formula is C19H15BrN4S. The topological polar surface area (TPSA) is 43.6 Å². The van der Waals surface area contributed by atoms with Crippen molar-refractivity contribution in [3.8, 4) is 11.3 Å². The summed E-state index contributed by atoms with van der Waals surface area (Å²) in [6.07, 6.45) is 4.02. The summed E-state index contributed by atoms with van der Waals surface area (Å²) >= 11 is 5.23. The molecule has 25 heavy (non-hydrogen) atoms. The van der Waals surface area contributed by atoms with E-state index in [1.807, 2.05) is 47.5 Å². The first-order chi connectivity index (χ1) is 12.2. The highest BCUT2D eigenvalue weighted by molar-refractivity contribution is 9.10. The summed E-state index contributed by atoms with van der Waals surface area (Å²) in [4.78, 5) is 4.72. The van der Waals surface area contributed by atoms with E-state index in [1.54, 1.807) is 11.8 Å². The lowest BCUT2D eigenvalue weighted by Gasteiger charge is -2.07. The van der Waals surface area contributed by atoms with Crippen LogP contribution in [-0.4, -0.2) is 26.2 Å². The number of para-hydroxylation sites is 1. The zero-order valence-electron chi connectivity index (χ0n) is 13.6. The van der Waals surface area contributed by atoms with Crippen molar-refractivity contribution in [3.05, 3.63) is 70.8 Å². The zero-order chi connectivity index (χ0) is 17.2. The Morgan fingerprint density at radius 2 is 1.92 bits per heavy atom. The molecule has 124 valence electrons. The first-order valence-corrected chi connectivity index (χ1v) is 9.84. The molecule has 4 rings (SSSR count). The Kier molecular flexibility index (Phi) is 4.55. The van der Waals surface area contributed by atoms with Gasteiger partial charge in [0.15, 0.2) is 0 Å². The van der Waals surface area contributed by atoms with Gasteiger partial charge in [0.1, 0.15) is 5.69 Å². The van der Waals surface area contributed by atoms with Gasteiger partial charge in [-0.25, -0.2) is 9.67 Å². The highest BCUT2D eigenvalue weighted by Crippen LogP contribution is 2.33. The Balaban J connectivity index is 1.78. The SMILES string of the molecule is CSc1cc(-c2cn(Cc3ccccc3)nn2)c2cccc(Br)c2n1. The van der Waals surface area contributed by atoms with Gasteiger partial charge < -0.3 is 0 Å².